The van der Waals surface area contributed by atoms with Crippen LogP contribution in [0.1, 0.15) is 40.4 Å². The molecule has 1 aromatic heterocycles. The van der Waals surface area contributed by atoms with Gasteiger partial charge in [-0.25, -0.2) is 0 Å². The van der Waals surface area contributed by atoms with Crippen LogP contribution in [-0.4, -0.2) is 46.0 Å². The summed E-state index contributed by atoms with van der Waals surface area (Å²) in [6, 6.07) is 15.3. The maximum absolute atomic E-state index is 13.2. The normalized spacial score (nSPS) is 14.9. The molecule has 0 unspecified atom stereocenters. The van der Waals surface area contributed by atoms with E-state index in [2.05, 4.69) is 17.1 Å². The molecule has 1 aliphatic heterocycles. The Morgan fingerprint density at radius 2 is 1.90 bits per heavy atom. The van der Waals surface area contributed by atoms with Gasteiger partial charge in [-0.3, -0.25) is 9.78 Å². The Balaban J connectivity index is 1.56. The van der Waals surface area contributed by atoms with Crippen molar-refractivity contribution in [3.63, 3.8) is 0 Å². The van der Waals surface area contributed by atoms with Gasteiger partial charge in [0, 0.05) is 31.2 Å². The van der Waals surface area contributed by atoms with Crippen LogP contribution in [0.5, 0.6) is 0 Å². The first-order valence-electron chi connectivity index (χ1n) is 9.90. The summed E-state index contributed by atoms with van der Waals surface area (Å²) in [6.45, 7) is 1.80. The molecule has 0 radical (unpaired) electrons. The van der Waals surface area contributed by atoms with E-state index in [0.29, 0.717) is 36.4 Å². The van der Waals surface area contributed by atoms with Crippen molar-refractivity contribution < 1.29 is 14.8 Å². The van der Waals surface area contributed by atoms with Gasteiger partial charge in [0.1, 0.15) is 5.69 Å². The fourth-order valence-electron chi connectivity index (χ4n) is 4.17. The molecule has 1 aliphatic rings. The second kappa shape index (κ2) is 8.33. The van der Waals surface area contributed by atoms with E-state index in [1.807, 2.05) is 23.1 Å². The fraction of sp³-hybridized carbons (Fsp3) is 0.273. The summed E-state index contributed by atoms with van der Waals surface area (Å²) in [5.41, 5.74) is 8.72. The second-order valence-electron chi connectivity index (χ2n) is 7.49. The van der Waals surface area contributed by atoms with Crippen molar-refractivity contribution in [3.05, 3.63) is 71.5 Å². The molecule has 0 saturated carbocycles. The summed E-state index contributed by atoms with van der Waals surface area (Å²) >= 11 is 0. The third-order valence-electron chi connectivity index (χ3n) is 5.74. The van der Waals surface area contributed by atoms with Gasteiger partial charge in [-0.15, -0.1) is 0 Å². The van der Waals surface area contributed by atoms with Gasteiger partial charge in [0.2, 0.25) is 0 Å². The summed E-state index contributed by atoms with van der Waals surface area (Å²) < 4.78 is 0. The number of hydrogen-bond donors (Lipinski definition) is 3. The van der Waals surface area contributed by atoms with Crippen molar-refractivity contribution >= 4 is 29.3 Å². The van der Waals surface area contributed by atoms with Gasteiger partial charge in [-0.2, -0.15) is 0 Å². The highest BCUT2D eigenvalue weighted by atomic mass is 16.4. The third kappa shape index (κ3) is 3.89. The summed E-state index contributed by atoms with van der Waals surface area (Å²) in [6.07, 6.45) is 3.34. The number of benzene rings is 2. The van der Waals surface area contributed by atoms with E-state index in [0.717, 1.165) is 23.8 Å². The van der Waals surface area contributed by atoms with Gasteiger partial charge in [-0.1, -0.05) is 42.5 Å². The number of carbonyl (C=O) groups is 1. The largest absolute Gasteiger partial charge is 0.489 e. The molecule has 29 heavy (non-hydrogen) atoms. The van der Waals surface area contributed by atoms with Crippen LogP contribution in [0.4, 0.5) is 0 Å². The molecule has 0 atom stereocenters. The standard InChI is InChI=1S/C22H24BN3O3/c24-14-15-3-1-5-18(13-15)16-8-11-26(12-9-16)22(27)21-20-17(7-10-25-21)4-2-6-19(20)23(28)29/h1-7,10,13,16,28-29H,8-9,11-12,14,24H2. The second-order valence-corrected chi connectivity index (χ2v) is 7.49. The van der Waals surface area contributed by atoms with Gasteiger partial charge in [-0.05, 0) is 46.8 Å². The van der Waals surface area contributed by atoms with Gasteiger partial charge in [0.25, 0.3) is 5.91 Å². The highest BCUT2D eigenvalue weighted by Gasteiger charge is 2.28. The predicted molar refractivity (Wildman–Crippen MR) is 114 cm³/mol. The first kappa shape index (κ1) is 19.6. The quantitative estimate of drug-likeness (QED) is 0.586. The van der Waals surface area contributed by atoms with Crippen LogP contribution in [-0.2, 0) is 6.54 Å². The molecule has 1 fully saturated rings. The number of aromatic nitrogens is 1. The molecule has 4 rings (SSSR count). The Morgan fingerprint density at radius 1 is 1.14 bits per heavy atom. The highest BCUT2D eigenvalue weighted by Crippen LogP contribution is 2.29. The Morgan fingerprint density at radius 3 is 2.62 bits per heavy atom. The lowest BCUT2D eigenvalue weighted by Gasteiger charge is -2.32. The van der Waals surface area contributed by atoms with E-state index in [9.17, 15) is 14.8 Å². The molecular weight excluding hydrogens is 365 g/mol. The average Bonchev–Trinajstić information content (AvgIpc) is 2.77. The van der Waals surface area contributed by atoms with E-state index in [4.69, 9.17) is 5.73 Å². The number of piperidine rings is 1. The molecule has 148 valence electrons. The Hall–Kier alpha value is -2.74. The summed E-state index contributed by atoms with van der Waals surface area (Å²) in [5.74, 6) is 0.235. The predicted octanol–water partition coefficient (Wildman–Crippen LogP) is 1.39. The van der Waals surface area contributed by atoms with Crippen LogP contribution >= 0.6 is 0 Å². The summed E-state index contributed by atoms with van der Waals surface area (Å²) in [4.78, 5) is 19.3. The maximum Gasteiger partial charge on any atom is 0.489 e. The summed E-state index contributed by atoms with van der Waals surface area (Å²) in [7, 11) is -1.66. The lowest BCUT2D eigenvalue weighted by molar-refractivity contribution is 0.0709. The number of carbonyl (C=O) groups excluding carboxylic acids is 1. The van der Waals surface area contributed by atoms with Crippen molar-refractivity contribution in [2.45, 2.75) is 25.3 Å². The van der Waals surface area contributed by atoms with Crippen molar-refractivity contribution in [1.29, 1.82) is 0 Å². The van der Waals surface area contributed by atoms with Crippen molar-refractivity contribution in [2.75, 3.05) is 13.1 Å². The smallest absolute Gasteiger partial charge is 0.423 e. The first-order chi connectivity index (χ1) is 14.1. The number of rotatable bonds is 4. The van der Waals surface area contributed by atoms with E-state index < -0.39 is 7.12 Å². The van der Waals surface area contributed by atoms with Crippen LogP contribution in [0.2, 0.25) is 0 Å². The molecule has 0 bridgehead atoms. The lowest BCUT2D eigenvalue weighted by atomic mass is 9.76. The van der Waals surface area contributed by atoms with Gasteiger partial charge in [0.05, 0.1) is 0 Å². The average molecular weight is 389 g/mol. The molecule has 0 spiro atoms. The topological polar surface area (TPSA) is 99.7 Å². The molecule has 4 N–H and O–H groups in total. The van der Waals surface area contributed by atoms with E-state index in [1.54, 1.807) is 24.4 Å². The van der Waals surface area contributed by atoms with E-state index in [1.165, 1.54) is 5.56 Å². The number of hydrogen-bond acceptors (Lipinski definition) is 5. The van der Waals surface area contributed by atoms with Gasteiger partial charge < -0.3 is 20.7 Å². The first-order valence-corrected chi connectivity index (χ1v) is 9.90. The number of fused-ring (bicyclic) bond motifs is 1. The highest BCUT2D eigenvalue weighted by molar-refractivity contribution is 6.62. The zero-order valence-corrected chi connectivity index (χ0v) is 16.2. The molecule has 0 aliphatic carbocycles. The fourth-order valence-corrected chi connectivity index (χ4v) is 4.17. The zero-order valence-electron chi connectivity index (χ0n) is 16.2. The van der Waals surface area contributed by atoms with Crippen LogP contribution < -0.4 is 11.2 Å². The minimum atomic E-state index is -1.66. The van der Waals surface area contributed by atoms with E-state index >= 15 is 0 Å². The molecule has 2 heterocycles. The number of amides is 1. The van der Waals surface area contributed by atoms with Gasteiger partial charge in [0.15, 0.2) is 0 Å². The maximum atomic E-state index is 13.2. The molecular formula is C22H24BN3O3. The van der Waals surface area contributed by atoms with Crippen LogP contribution in [0.3, 0.4) is 0 Å². The van der Waals surface area contributed by atoms with Crippen LogP contribution in [0.15, 0.2) is 54.7 Å². The van der Waals surface area contributed by atoms with Crippen LogP contribution in [0.25, 0.3) is 10.8 Å². The SMILES string of the molecule is NCc1cccc(C2CCN(C(=O)c3nccc4cccc(B(O)O)c34)CC2)c1. The molecule has 3 aromatic rings. The monoisotopic (exact) mass is 389 g/mol. The molecule has 7 heteroatoms. The van der Waals surface area contributed by atoms with E-state index in [-0.39, 0.29) is 11.6 Å². The number of nitrogens with zero attached hydrogens (tertiary/aromatic N) is 2. The minimum Gasteiger partial charge on any atom is -0.423 e. The van der Waals surface area contributed by atoms with Crippen molar-refractivity contribution in [3.8, 4) is 0 Å². The van der Waals surface area contributed by atoms with Crippen molar-refractivity contribution in [2.24, 2.45) is 5.73 Å². The molecule has 2 aromatic carbocycles. The Labute approximate surface area is 170 Å². The Bertz CT molecular complexity index is 1030. The number of pyridine rings is 1. The number of likely N-dealkylation sites (tertiary alicyclic amines) is 1. The molecule has 1 saturated heterocycles. The van der Waals surface area contributed by atoms with Crippen molar-refractivity contribution in [1.82, 2.24) is 9.88 Å². The molecule has 6 nitrogen and oxygen atoms in total. The zero-order chi connectivity index (χ0) is 20.4. The third-order valence-corrected chi connectivity index (χ3v) is 5.74. The molecule has 1 amide bonds. The lowest BCUT2D eigenvalue weighted by Crippen LogP contribution is -2.39. The Kier molecular flexibility index (Phi) is 5.62. The minimum absolute atomic E-state index is 0.169. The van der Waals surface area contributed by atoms with Crippen LogP contribution in [0, 0.1) is 0 Å². The van der Waals surface area contributed by atoms with Gasteiger partial charge >= 0.3 is 7.12 Å². The summed E-state index contributed by atoms with van der Waals surface area (Å²) in [5, 5.41) is 20.7. The number of nitrogens with two attached hydrogens (primary N) is 1.